The Bertz CT molecular complexity index is 377. The van der Waals surface area contributed by atoms with Crippen molar-refractivity contribution < 1.29 is 4.79 Å². The SMILES string of the molecule is CC(=O)N1CCNCC1c1ccc(Cl)cc1. The topological polar surface area (TPSA) is 32.3 Å². The minimum Gasteiger partial charge on any atom is -0.333 e. The first kappa shape index (κ1) is 11.4. The molecule has 3 nitrogen and oxygen atoms in total. The number of rotatable bonds is 1. The molecule has 86 valence electrons. The van der Waals surface area contributed by atoms with E-state index in [1.54, 1.807) is 6.92 Å². The number of hydrogen-bond donors (Lipinski definition) is 1. The van der Waals surface area contributed by atoms with Crippen molar-refractivity contribution in [3.8, 4) is 0 Å². The van der Waals surface area contributed by atoms with Crippen LogP contribution in [0, 0.1) is 0 Å². The van der Waals surface area contributed by atoms with Crippen LogP contribution in [0.3, 0.4) is 0 Å². The zero-order valence-electron chi connectivity index (χ0n) is 9.24. The third kappa shape index (κ3) is 2.36. The fraction of sp³-hybridized carbons (Fsp3) is 0.417. The average molecular weight is 239 g/mol. The van der Waals surface area contributed by atoms with Gasteiger partial charge in [0.05, 0.1) is 6.04 Å². The van der Waals surface area contributed by atoms with Gasteiger partial charge in [0.2, 0.25) is 5.91 Å². The molecule has 1 aromatic rings. The Morgan fingerprint density at radius 1 is 1.44 bits per heavy atom. The summed E-state index contributed by atoms with van der Waals surface area (Å²) in [4.78, 5) is 13.4. The van der Waals surface area contributed by atoms with Crippen molar-refractivity contribution in [1.29, 1.82) is 0 Å². The van der Waals surface area contributed by atoms with Gasteiger partial charge in [0, 0.05) is 31.6 Å². The van der Waals surface area contributed by atoms with Crippen LogP contribution in [0.4, 0.5) is 0 Å². The van der Waals surface area contributed by atoms with Crippen LogP contribution in [0.5, 0.6) is 0 Å². The highest BCUT2D eigenvalue weighted by Crippen LogP contribution is 2.23. The second-order valence-electron chi connectivity index (χ2n) is 3.98. The van der Waals surface area contributed by atoms with E-state index in [2.05, 4.69) is 5.32 Å². The maximum Gasteiger partial charge on any atom is 0.220 e. The highest BCUT2D eigenvalue weighted by Gasteiger charge is 2.25. The molecule has 1 fully saturated rings. The molecule has 0 radical (unpaired) electrons. The minimum atomic E-state index is 0.126. The van der Waals surface area contributed by atoms with Crippen LogP contribution >= 0.6 is 11.6 Å². The number of nitrogens with one attached hydrogen (secondary N) is 1. The maximum absolute atomic E-state index is 11.5. The highest BCUT2D eigenvalue weighted by molar-refractivity contribution is 6.30. The van der Waals surface area contributed by atoms with Crippen molar-refractivity contribution in [2.75, 3.05) is 19.6 Å². The van der Waals surface area contributed by atoms with Gasteiger partial charge in [-0.05, 0) is 17.7 Å². The summed E-state index contributed by atoms with van der Waals surface area (Å²) in [6.45, 7) is 4.06. The molecule has 1 amide bonds. The van der Waals surface area contributed by atoms with Gasteiger partial charge in [-0.15, -0.1) is 0 Å². The molecule has 1 unspecified atom stereocenters. The number of hydrogen-bond acceptors (Lipinski definition) is 2. The van der Waals surface area contributed by atoms with Gasteiger partial charge < -0.3 is 10.2 Å². The second kappa shape index (κ2) is 4.85. The standard InChI is InChI=1S/C12H15ClN2O/c1-9(16)15-7-6-14-8-12(15)10-2-4-11(13)5-3-10/h2-5,12,14H,6-8H2,1H3. The van der Waals surface area contributed by atoms with Crippen molar-refractivity contribution in [2.45, 2.75) is 13.0 Å². The van der Waals surface area contributed by atoms with Gasteiger partial charge in [-0.1, -0.05) is 23.7 Å². The summed E-state index contributed by atoms with van der Waals surface area (Å²) in [7, 11) is 0. The predicted octanol–water partition coefficient (Wildman–Crippen LogP) is 1.83. The molecule has 1 aromatic carbocycles. The Morgan fingerprint density at radius 3 is 2.75 bits per heavy atom. The summed E-state index contributed by atoms with van der Waals surface area (Å²) in [6, 6.07) is 7.82. The van der Waals surface area contributed by atoms with Gasteiger partial charge >= 0.3 is 0 Å². The normalized spacial score (nSPS) is 20.9. The van der Waals surface area contributed by atoms with Crippen LogP contribution in [-0.4, -0.2) is 30.4 Å². The van der Waals surface area contributed by atoms with E-state index in [1.165, 1.54) is 0 Å². The van der Waals surface area contributed by atoms with Gasteiger partial charge in [-0.2, -0.15) is 0 Å². The van der Waals surface area contributed by atoms with Gasteiger partial charge in [0.1, 0.15) is 0 Å². The summed E-state index contributed by atoms with van der Waals surface area (Å²) < 4.78 is 0. The third-order valence-electron chi connectivity index (χ3n) is 2.90. The summed E-state index contributed by atoms with van der Waals surface area (Å²) in [5.74, 6) is 0.126. The Morgan fingerprint density at radius 2 is 2.12 bits per heavy atom. The summed E-state index contributed by atoms with van der Waals surface area (Å²) >= 11 is 5.85. The lowest BCUT2D eigenvalue weighted by Crippen LogP contribution is -2.47. The smallest absolute Gasteiger partial charge is 0.220 e. The van der Waals surface area contributed by atoms with E-state index in [0.29, 0.717) is 0 Å². The lowest BCUT2D eigenvalue weighted by molar-refractivity contribution is -0.132. The van der Waals surface area contributed by atoms with E-state index in [4.69, 9.17) is 11.6 Å². The molecule has 0 saturated carbocycles. The van der Waals surface area contributed by atoms with Gasteiger partial charge in [-0.3, -0.25) is 4.79 Å². The van der Waals surface area contributed by atoms with Gasteiger partial charge in [-0.25, -0.2) is 0 Å². The van der Waals surface area contributed by atoms with E-state index in [9.17, 15) is 4.79 Å². The lowest BCUT2D eigenvalue weighted by atomic mass is 10.0. The molecule has 1 heterocycles. The van der Waals surface area contributed by atoms with Gasteiger partial charge in [0.25, 0.3) is 0 Å². The van der Waals surface area contributed by atoms with E-state index in [-0.39, 0.29) is 11.9 Å². The van der Waals surface area contributed by atoms with Crippen molar-refractivity contribution in [3.05, 3.63) is 34.9 Å². The lowest BCUT2D eigenvalue weighted by Gasteiger charge is -2.35. The van der Waals surface area contributed by atoms with Crippen molar-refractivity contribution >= 4 is 17.5 Å². The molecular formula is C12H15ClN2O. The third-order valence-corrected chi connectivity index (χ3v) is 3.15. The quantitative estimate of drug-likeness (QED) is 0.810. The molecule has 1 saturated heterocycles. The Labute approximate surface area is 100 Å². The van der Waals surface area contributed by atoms with Crippen LogP contribution in [0.25, 0.3) is 0 Å². The van der Waals surface area contributed by atoms with Crippen LogP contribution < -0.4 is 5.32 Å². The first-order valence-electron chi connectivity index (χ1n) is 5.42. The number of benzene rings is 1. The number of carbonyl (C=O) groups is 1. The number of amides is 1. The van der Waals surface area contributed by atoms with E-state index in [0.717, 1.165) is 30.2 Å². The van der Waals surface area contributed by atoms with Crippen molar-refractivity contribution in [3.63, 3.8) is 0 Å². The number of halogens is 1. The predicted molar refractivity (Wildman–Crippen MR) is 64.4 cm³/mol. The van der Waals surface area contributed by atoms with Crippen LogP contribution in [-0.2, 0) is 4.79 Å². The van der Waals surface area contributed by atoms with Gasteiger partial charge in [0.15, 0.2) is 0 Å². The van der Waals surface area contributed by atoms with Crippen molar-refractivity contribution in [2.24, 2.45) is 0 Å². The molecule has 1 N–H and O–H groups in total. The fourth-order valence-corrected chi connectivity index (χ4v) is 2.19. The maximum atomic E-state index is 11.5. The number of piperazine rings is 1. The van der Waals surface area contributed by atoms with Crippen molar-refractivity contribution in [1.82, 2.24) is 10.2 Å². The van der Waals surface area contributed by atoms with E-state index >= 15 is 0 Å². The Balaban J connectivity index is 2.23. The average Bonchev–Trinajstić information content (AvgIpc) is 2.30. The van der Waals surface area contributed by atoms with Crippen LogP contribution in [0.15, 0.2) is 24.3 Å². The zero-order valence-corrected chi connectivity index (χ0v) is 10.00. The largest absolute Gasteiger partial charge is 0.333 e. The van der Waals surface area contributed by atoms with Crippen LogP contribution in [0.2, 0.25) is 5.02 Å². The molecule has 0 aliphatic carbocycles. The van der Waals surface area contributed by atoms with E-state index < -0.39 is 0 Å². The molecule has 16 heavy (non-hydrogen) atoms. The molecule has 2 rings (SSSR count). The Kier molecular flexibility index (Phi) is 3.46. The number of nitrogens with zero attached hydrogens (tertiary/aromatic N) is 1. The molecule has 1 atom stereocenters. The first-order chi connectivity index (χ1) is 7.68. The fourth-order valence-electron chi connectivity index (χ4n) is 2.06. The molecule has 1 aliphatic heterocycles. The van der Waals surface area contributed by atoms with Crippen LogP contribution in [0.1, 0.15) is 18.5 Å². The number of carbonyl (C=O) groups excluding carboxylic acids is 1. The minimum absolute atomic E-state index is 0.126. The summed E-state index contributed by atoms with van der Waals surface area (Å²) in [6.07, 6.45) is 0. The monoisotopic (exact) mass is 238 g/mol. The highest BCUT2D eigenvalue weighted by atomic mass is 35.5. The van der Waals surface area contributed by atoms with E-state index in [1.807, 2.05) is 29.2 Å². The zero-order chi connectivity index (χ0) is 11.5. The molecule has 0 spiro atoms. The Hall–Kier alpha value is -1.06. The molecule has 0 bridgehead atoms. The first-order valence-corrected chi connectivity index (χ1v) is 5.79. The second-order valence-corrected chi connectivity index (χ2v) is 4.42. The molecule has 0 aromatic heterocycles. The summed E-state index contributed by atoms with van der Waals surface area (Å²) in [5, 5.41) is 4.03. The molecule has 4 heteroatoms. The summed E-state index contributed by atoms with van der Waals surface area (Å²) in [5.41, 5.74) is 1.13. The molecule has 1 aliphatic rings. The molecular weight excluding hydrogens is 224 g/mol.